The third kappa shape index (κ3) is 3.76. The van der Waals surface area contributed by atoms with Gasteiger partial charge in [-0.15, -0.1) is 0 Å². The van der Waals surface area contributed by atoms with Gasteiger partial charge in [-0.25, -0.2) is 0 Å². The van der Waals surface area contributed by atoms with Crippen LogP contribution in [0.2, 0.25) is 5.02 Å². The lowest BCUT2D eigenvalue weighted by molar-refractivity contribution is 0.322. The summed E-state index contributed by atoms with van der Waals surface area (Å²) < 4.78 is 5.94. The van der Waals surface area contributed by atoms with Crippen molar-refractivity contribution in [1.29, 1.82) is 0 Å². The van der Waals surface area contributed by atoms with Crippen LogP contribution >= 0.6 is 11.6 Å². The fraction of sp³-hybridized carbons (Fsp3) is 0.200. The maximum Gasteiger partial charge on any atom is 0.119 e. The summed E-state index contributed by atoms with van der Waals surface area (Å²) in [5.74, 6) is 0.907. The molecule has 0 saturated carbocycles. The van der Waals surface area contributed by atoms with E-state index >= 15 is 0 Å². The number of benzene rings is 3. The van der Waals surface area contributed by atoms with E-state index in [2.05, 4.69) is 71.0 Å². The number of H-pyrrole nitrogens is 1. The molecule has 1 atom stereocenters. The molecule has 29 heavy (non-hydrogen) atoms. The molecule has 1 aliphatic rings. The molecule has 1 aliphatic heterocycles. The lowest BCUT2D eigenvalue weighted by atomic mass is 9.94. The minimum absolute atomic E-state index is 0.156. The highest BCUT2D eigenvalue weighted by molar-refractivity contribution is 6.31. The van der Waals surface area contributed by atoms with Gasteiger partial charge >= 0.3 is 0 Å². The largest absolute Gasteiger partial charge is 0.493 e. The Morgan fingerprint density at radius 2 is 1.79 bits per heavy atom. The van der Waals surface area contributed by atoms with Crippen molar-refractivity contribution in [2.45, 2.75) is 18.9 Å². The smallest absolute Gasteiger partial charge is 0.119 e. The van der Waals surface area contributed by atoms with Crippen molar-refractivity contribution in [3.8, 4) is 5.75 Å². The van der Waals surface area contributed by atoms with Gasteiger partial charge in [-0.3, -0.25) is 0 Å². The summed E-state index contributed by atoms with van der Waals surface area (Å²) in [6, 6.07) is 25.1. The Kier molecular flexibility index (Phi) is 5.01. The highest BCUT2D eigenvalue weighted by Gasteiger charge is 2.25. The third-order valence-electron chi connectivity index (χ3n) is 5.63. The molecule has 5 rings (SSSR count). The molecule has 1 unspecified atom stereocenters. The number of halogens is 1. The van der Waals surface area contributed by atoms with Gasteiger partial charge in [-0.1, -0.05) is 54.1 Å². The molecule has 146 valence electrons. The van der Waals surface area contributed by atoms with Crippen LogP contribution in [-0.4, -0.2) is 18.1 Å². The topological polar surface area (TPSA) is 37.0 Å². The van der Waals surface area contributed by atoms with E-state index in [4.69, 9.17) is 16.3 Å². The van der Waals surface area contributed by atoms with Gasteiger partial charge in [-0.2, -0.15) is 0 Å². The number of aromatic nitrogens is 1. The van der Waals surface area contributed by atoms with E-state index in [0.717, 1.165) is 35.7 Å². The number of hydrogen-bond donors (Lipinski definition) is 2. The van der Waals surface area contributed by atoms with Gasteiger partial charge in [0.2, 0.25) is 0 Å². The van der Waals surface area contributed by atoms with Crippen LogP contribution in [0.4, 0.5) is 0 Å². The highest BCUT2D eigenvalue weighted by atomic mass is 35.5. The van der Waals surface area contributed by atoms with Crippen molar-refractivity contribution < 1.29 is 4.74 Å². The number of nitrogens with one attached hydrogen (secondary N) is 2. The maximum atomic E-state index is 6.23. The number of hydrogen-bond acceptors (Lipinski definition) is 2. The first-order chi connectivity index (χ1) is 14.3. The number of aromatic amines is 1. The molecule has 0 saturated heterocycles. The van der Waals surface area contributed by atoms with Gasteiger partial charge in [-0.05, 0) is 53.4 Å². The molecule has 2 N–H and O–H groups in total. The van der Waals surface area contributed by atoms with Gasteiger partial charge in [0.05, 0.1) is 12.6 Å². The Balaban J connectivity index is 1.32. The number of fused-ring (bicyclic) bond motifs is 3. The van der Waals surface area contributed by atoms with Crippen LogP contribution in [0, 0.1) is 0 Å². The second-order valence-corrected chi connectivity index (χ2v) is 7.93. The van der Waals surface area contributed by atoms with Crippen LogP contribution in [0.5, 0.6) is 5.75 Å². The SMILES string of the molecule is Clc1ccc2[nH]c3c(c2c1)CCNC3c1ccc(OCCc2ccccc2)cc1. The summed E-state index contributed by atoms with van der Waals surface area (Å²) in [6.07, 6.45) is 1.92. The summed E-state index contributed by atoms with van der Waals surface area (Å²) in [5.41, 5.74) is 6.29. The van der Waals surface area contributed by atoms with Crippen molar-refractivity contribution in [2.24, 2.45) is 0 Å². The lowest BCUT2D eigenvalue weighted by Crippen LogP contribution is -2.30. The average molecular weight is 403 g/mol. The van der Waals surface area contributed by atoms with Gasteiger partial charge < -0.3 is 15.0 Å². The zero-order chi connectivity index (χ0) is 19.6. The van der Waals surface area contributed by atoms with E-state index in [1.54, 1.807) is 0 Å². The van der Waals surface area contributed by atoms with E-state index in [0.29, 0.717) is 6.61 Å². The summed E-state index contributed by atoms with van der Waals surface area (Å²) in [5, 5.41) is 5.67. The van der Waals surface area contributed by atoms with Crippen molar-refractivity contribution >= 4 is 22.5 Å². The van der Waals surface area contributed by atoms with Gasteiger partial charge in [0.15, 0.2) is 0 Å². The first-order valence-electron chi connectivity index (χ1n) is 10.1. The zero-order valence-corrected chi connectivity index (χ0v) is 16.9. The first-order valence-corrected chi connectivity index (χ1v) is 10.5. The summed E-state index contributed by atoms with van der Waals surface area (Å²) in [7, 11) is 0. The molecule has 0 bridgehead atoms. The molecule has 4 aromatic rings. The molecular formula is C25H23ClN2O. The number of ether oxygens (including phenoxy) is 1. The normalized spacial score (nSPS) is 16.0. The molecule has 3 nitrogen and oxygen atoms in total. The van der Waals surface area contributed by atoms with Crippen LogP contribution in [0.3, 0.4) is 0 Å². The van der Waals surface area contributed by atoms with E-state index in [-0.39, 0.29) is 6.04 Å². The van der Waals surface area contributed by atoms with Crippen molar-refractivity contribution in [3.05, 3.63) is 100 Å². The monoisotopic (exact) mass is 402 g/mol. The van der Waals surface area contributed by atoms with E-state index in [1.165, 1.54) is 27.8 Å². The van der Waals surface area contributed by atoms with E-state index < -0.39 is 0 Å². The second kappa shape index (κ2) is 7.94. The molecular weight excluding hydrogens is 380 g/mol. The lowest BCUT2D eigenvalue weighted by Gasteiger charge is -2.25. The van der Waals surface area contributed by atoms with Crippen molar-refractivity contribution in [1.82, 2.24) is 10.3 Å². The third-order valence-corrected chi connectivity index (χ3v) is 5.86. The number of rotatable bonds is 5. The van der Waals surface area contributed by atoms with Crippen LogP contribution in [0.15, 0.2) is 72.8 Å². The summed E-state index contributed by atoms with van der Waals surface area (Å²) in [6.45, 7) is 1.63. The van der Waals surface area contributed by atoms with Gasteiger partial charge in [0, 0.05) is 34.6 Å². The Bertz CT molecular complexity index is 1120. The Morgan fingerprint density at radius 1 is 0.966 bits per heavy atom. The minimum atomic E-state index is 0.156. The van der Waals surface area contributed by atoms with Crippen LogP contribution < -0.4 is 10.1 Å². The molecule has 3 aromatic carbocycles. The molecule has 0 spiro atoms. The maximum absolute atomic E-state index is 6.23. The molecule has 0 amide bonds. The molecule has 2 heterocycles. The van der Waals surface area contributed by atoms with Crippen LogP contribution in [0.25, 0.3) is 10.9 Å². The fourth-order valence-corrected chi connectivity index (χ4v) is 4.34. The fourth-order valence-electron chi connectivity index (χ4n) is 4.17. The molecule has 1 aromatic heterocycles. The van der Waals surface area contributed by atoms with Crippen LogP contribution in [0.1, 0.15) is 28.4 Å². The molecule has 4 heteroatoms. The predicted molar refractivity (Wildman–Crippen MR) is 119 cm³/mol. The Morgan fingerprint density at radius 3 is 2.62 bits per heavy atom. The standard InChI is InChI=1S/C25H23ClN2O/c26-19-8-11-23-22(16-19)21-12-14-27-24(25(21)28-23)18-6-9-20(10-7-18)29-15-13-17-4-2-1-3-5-17/h1-11,16,24,27-28H,12-15H2. The van der Waals surface area contributed by atoms with Gasteiger partial charge in [0.25, 0.3) is 0 Å². The molecule has 0 radical (unpaired) electrons. The minimum Gasteiger partial charge on any atom is -0.493 e. The Hall–Kier alpha value is -2.75. The van der Waals surface area contributed by atoms with E-state index in [1.807, 2.05) is 12.1 Å². The Labute approximate surface area is 175 Å². The van der Waals surface area contributed by atoms with Crippen molar-refractivity contribution in [3.63, 3.8) is 0 Å². The average Bonchev–Trinajstić information content (AvgIpc) is 3.13. The van der Waals surface area contributed by atoms with Crippen molar-refractivity contribution in [2.75, 3.05) is 13.2 Å². The van der Waals surface area contributed by atoms with Crippen LogP contribution in [-0.2, 0) is 12.8 Å². The zero-order valence-electron chi connectivity index (χ0n) is 16.1. The second-order valence-electron chi connectivity index (χ2n) is 7.50. The molecule has 0 fully saturated rings. The highest BCUT2D eigenvalue weighted by Crippen LogP contribution is 2.35. The quantitative estimate of drug-likeness (QED) is 0.450. The summed E-state index contributed by atoms with van der Waals surface area (Å²) >= 11 is 6.23. The van der Waals surface area contributed by atoms with E-state index in [9.17, 15) is 0 Å². The molecule has 0 aliphatic carbocycles. The predicted octanol–water partition coefficient (Wildman–Crippen LogP) is 5.68. The first kappa shape index (κ1) is 18.3. The van der Waals surface area contributed by atoms with Gasteiger partial charge in [0.1, 0.15) is 5.75 Å². The summed E-state index contributed by atoms with van der Waals surface area (Å²) in [4.78, 5) is 3.61.